The van der Waals surface area contributed by atoms with Gasteiger partial charge in [0.2, 0.25) is 15.7 Å². The van der Waals surface area contributed by atoms with E-state index in [1.807, 2.05) is 26.8 Å². The predicted molar refractivity (Wildman–Crippen MR) is 171 cm³/mol. The molecule has 1 aliphatic rings. The number of amides is 1. The van der Waals surface area contributed by atoms with Crippen LogP contribution in [-0.2, 0) is 16.3 Å². The van der Waals surface area contributed by atoms with Crippen LogP contribution in [0, 0.1) is 17.2 Å². The second kappa shape index (κ2) is 13.1. The Labute approximate surface area is 263 Å². The summed E-state index contributed by atoms with van der Waals surface area (Å²) < 4.78 is 29.5. The second-order valence-electron chi connectivity index (χ2n) is 11.7. The summed E-state index contributed by atoms with van der Waals surface area (Å²) in [6, 6.07) is 21.5. The molecule has 3 aromatic carbocycles. The number of carbonyl (C=O) groups is 1. The van der Waals surface area contributed by atoms with Crippen LogP contribution in [0.15, 0.2) is 87.4 Å². The molecular formula is C35H36N4O5S. The van der Waals surface area contributed by atoms with Crippen LogP contribution < -0.4 is 10.9 Å². The highest BCUT2D eigenvalue weighted by Crippen LogP contribution is 2.46. The van der Waals surface area contributed by atoms with Crippen molar-refractivity contribution in [2.75, 3.05) is 0 Å². The van der Waals surface area contributed by atoms with E-state index in [1.54, 1.807) is 54.6 Å². The van der Waals surface area contributed by atoms with Crippen molar-refractivity contribution in [2.24, 2.45) is 5.92 Å². The summed E-state index contributed by atoms with van der Waals surface area (Å²) >= 11 is 0. The minimum Gasteiger partial charge on any atom is -0.493 e. The molecule has 4 aromatic rings. The van der Waals surface area contributed by atoms with E-state index in [2.05, 4.69) is 16.4 Å². The topological polar surface area (TPSA) is 142 Å². The Morgan fingerprint density at radius 1 is 1.09 bits per heavy atom. The van der Waals surface area contributed by atoms with Gasteiger partial charge in [-0.2, -0.15) is 10.2 Å². The third-order valence-electron chi connectivity index (χ3n) is 7.93. The molecule has 1 saturated carbocycles. The molecule has 1 amide bonds. The van der Waals surface area contributed by atoms with E-state index < -0.39 is 32.2 Å². The molecular weight excluding hydrogens is 588 g/mol. The molecule has 0 bridgehead atoms. The van der Waals surface area contributed by atoms with Gasteiger partial charge in [0, 0.05) is 18.0 Å². The molecule has 1 aliphatic carbocycles. The highest BCUT2D eigenvalue weighted by atomic mass is 32.2. The van der Waals surface area contributed by atoms with Crippen molar-refractivity contribution in [3.63, 3.8) is 0 Å². The zero-order chi connectivity index (χ0) is 32.3. The summed E-state index contributed by atoms with van der Waals surface area (Å²) in [6.07, 6.45) is 3.56. The highest BCUT2D eigenvalue weighted by Gasteiger charge is 2.39. The van der Waals surface area contributed by atoms with Crippen LogP contribution in [0.3, 0.4) is 0 Å². The summed E-state index contributed by atoms with van der Waals surface area (Å²) in [4.78, 5) is 29.5. The molecule has 1 atom stereocenters. The number of unbranched alkanes of at least 4 members (excludes halogenated alkanes) is 1. The molecule has 0 spiro atoms. The molecule has 1 fully saturated rings. The zero-order valence-electron chi connectivity index (χ0n) is 25.5. The lowest BCUT2D eigenvalue weighted by Gasteiger charge is -2.26. The zero-order valence-corrected chi connectivity index (χ0v) is 26.3. The molecule has 45 heavy (non-hydrogen) atoms. The average molecular weight is 625 g/mol. The van der Waals surface area contributed by atoms with Gasteiger partial charge >= 0.3 is 0 Å². The summed E-state index contributed by atoms with van der Waals surface area (Å²) in [7, 11) is -4.51. The Hall–Kier alpha value is -4.75. The fourth-order valence-corrected chi connectivity index (χ4v) is 6.97. The maximum atomic E-state index is 14.0. The Balaban J connectivity index is 1.61. The minimum absolute atomic E-state index is 0.0634. The molecule has 1 aromatic heterocycles. The summed E-state index contributed by atoms with van der Waals surface area (Å²) in [5.41, 5.74) is 1.85. The van der Waals surface area contributed by atoms with Crippen LogP contribution in [0.1, 0.15) is 79.8 Å². The number of aromatic nitrogens is 2. The Morgan fingerprint density at radius 2 is 1.80 bits per heavy atom. The Kier molecular flexibility index (Phi) is 9.21. The van der Waals surface area contributed by atoms with Crippen molar-refractivity contribution in [1.29, 1.82) is 5.26 Å². The lowest BCUT2D eigenvalue weighted by molar-refractivity contribution is 0.0943. The summed E-state index contributed by atoms with van der Waals surface area (Å²) in [6.45, 7) is 5.73. The monoisotopic (exact) mass is 624 g/mol. The lowest BCUT2D eigenvalue weighted by Crippen LogP contribution is -2.30. The highest BCUT2D eigenvalue weighted by molar-refractivity contribution is 7.91. The van der Waals surface area contributed by atoms with Gasteiger partial charge in [0.1, 0.15) is 5.82 Å². The van der Waals surface area contributed by atoms with Crippen molar-refractivity contribution in [3.05, 3.63) is 106 Å². The van der Waals surface area contributed by atoms with Crippen molar-refractivity contribution in [3.8, 4) is 23.1 Å². The standard InChI is InChI=1S/C35H36N4O5S/c1-4-5-13-30-38-34(41)32(35(42)39(30)31(25-14-15-25)26-10-8-9-23(20-26)21-36)45(43,44)27-18-16-24(17-19-27)28-11-6-7-12-29(28)33(40)37-22(2)3/h6-12,16-20,22,25,31,42H,4-5,13-15H2,1-3H3,(H,37,40)/t31-/m0/s1. The molecule has 0 radical (unpaired) electrons. The second-order valence-corrected chi connectivity index (χ2v) is 13.6. The number of hydrogen-bond acceptors (Lipinski definition) is 7. The first-order chi connectivity index (χ1) is 21.6. The van der Waals surface area contributed by atoms with E-state index in [9.17, 15) is 28.4 Å². The van der Waals surface area contributed by atoms with E-state index in [0.29, 0.717) is 40.9 Å². The Morgan fingerprint density at radius 3 is 2.44 bits per heavy atom. The Bertz CT molecular complexity index is 1940. The number of hydrogen-bond donors (Lipinski definition) is 2. The van der Waals surface area contributed by atoms with Crippen LogP contribution in [0.2, 0.25) is 0 Å². The van der Waals surface area contributed by atoms with Crippen LogP contribution in [-0.4, -0.2) is 35.0 Å². The van der Waals surface area contributed by atoms with Gasteiger partial charge in [0.05, 0.1) is 22.6 Å². The molecule has 5 rings (SSSR count). The number of carbonyl (C=O) groups excluding carboxylic acids is 1. The number of aryl methyl sites for hydroxylation is 1. The fraction of sp³-hybridized carbons (Fsp3) is 0.314. The quantitative estimate of drug-likeness (QED) is 0.215. The van der Waals surface area contributed by atoms with Gasteiger partial charge in [-0.15, -0.1) is 0 Å². The van der Waals surface area contributed by atoms with E-state index in [4.69, 9.17) is 0 Å². The molecule has 232 valence electrons. The first-order valence-electron chi connectivity index (χ1n) is 15.2. The van der Waals surface area contributed by atoms with Gasteiger partial charge in [-0.1, -0.05) is 55.8 Å². The van der Waals surface area contributed by atoms with Crippen LogP contribution >= 0.6 is 0 Å². The number of sulfone groups is 1. The maximum Gasteiger partial charge on any atom is 0.296 e. The van der Waals surface area contributed by atoms with E-state index >= 15 is 0 Å². The van der Waals surface area contributed by atoms with E-state index in [-0.39, 0.29) is 22.8 Å². The van der Waals surface area contributed by atoms with Gasteiger partial charge in [-0.25, -0.2) is 8.42 Å². The van der Waals surface area contributed by atoms with Crippen molar-refractivity contribution < 1.29 is 18.3 Å². The van der Waals surface area contributed by atoms with E-state index in [1.165, 1.54) is 16.7 Å². The predicted octanol–water partition coefficient (Wildman–Crippen LogP) is 5.80. The van der Waals surface area contributed by atoms with Gasteiger partial charge in [-0.05, 0) is 86.1 Å². The normalized spacial score (nSPS) is 13.8. The van der Waals surface area contributed by atoms with Gasteiger partial charge < -0.3 is 10.4 Å². The van der Waals surface area contributed by atoms with Gasteiger partial charge in [-0.3, -0.25) is 14.2 Å². The molecule has 9 nitrogen and oxygen atoms in total. The maximum absolute atomic E-state index is 14.0. The van der Waals surface area contributed by atoms with Gasteiger partial charge in [0.25, 0.3) is 11.5 Å². The first kappa shape index (κ1) is 31.7. The molecule has 0 saturated heterocycles. The molecule has 1 heterocycles. The van der Waals surface area contributed by atoms with Gasteiger partial charge in [0.15, 0.2) is 4.90 Å². The smallest absolute Gasteiger partial charge is 0.296 e. The third-order valence-corrected chi connectivity index (χ3v) is 9.72. The number of aromatic hydroxyl groups is 1. The first-order valence-corrected chi connectivity index (χ1v) is 16.6. The molecule has 10 heteroatoms. The lowest BCUT2D eigenvalue weighted by atomic mass is 9.99. The average Bonchev–Trinajstić information content (AvgIpc) is 3.86. The van der Waals surface area contributed by atoms with Crippen molar-refractivity contribution in [2.45, 2.75) is 74.7 Å². The van der Waals surface area contributed by atoms with Crippen LogP contribution in [0.5, 0.6) is 5.88 Å². The minimum atomic E-state index is -4.51. The summed E-state index contributed by atoms with van der Waals surface area (Å²) in [5.74, 6) is -0.510. The SMILES string of the molecule is CCCCc1nc(=O)c(S(=O)(=O)c2ccc(-c3ccccc3C(=O)NC(C)C)cc2)c(O)n1[C@H](c1cccc(C#N)c1)C1CC1. The number of nitrogens with one attached hydrogen (secondary N) is 1. The largest absolute Gasteiger partial charge is 0.493 e. The molecule has 0 aliphatic heterocycles. The number of benzene rings is 3. The third kappa shape index (κ3) is 6.54. The number of nitriles is 1. The molecule has 0 unspecified atom stereocenters. The fourth-order valence-electron chi connectivity index (χ4n) is 5.63. The summed E-state index contributed by atoms with van der Waals surface area (Å²) in [5, 5.41) is 24.1. The van der Waals surface area contributed by atoms with Crippen LogP contribution in [0.25, 0.3) is 11.1 Å². The van der Waals surface area contributed by atoms with Crippen molar-refractivity contribution >= 4 is 15.7 Å². The number of rotatable bonds is 11. The van der Waals surface area contributed by atoms with E-state index in [0.717, 1.165) is 24.8 Å². The number of nitrogens with zero attached hydrogens (tertiary/aromatic N) is 3. The van der Waals surface area contributed by atoms with Crippen LogP contribution in [0.4, 0.5) is 0 Å². The molecule has 2 N–H and O–H groups in total. The van der Waals surface area contributed by atoms with Crippen molar-refractivity contribution in [1.82, 2.24) is 14.9 Å².